The zero-order valence-electron chi connectivity index (χ0n) is 15.0. The fraction of sp³-hybridized carbons (Fsp3) is 0.611. The van der Waals surface area contributed by atoms with Crippen LogP contribution < -0.4 is 0 Å². The maximum absolute atomic E-state index is 12.7. The van der Waals surface area contributed by atoms with Gasteiger partial charge in [-0.05, 0) is 57.7 Å². The summed E-state index contributed by atoms with van der Waals surface area (Å²) < 4.78 is 5.42. The number of carbonyl (C=O) groups is 2. The van der Waals surface area contributed by atoms with Gasteiger partial charge >= 0.3 is 6.09 Å². The fourth-order valence-corrected chi connectivity index (χ4v) is 2.77. The van der Waals surface area contributed by atoms with Gasteiger partial charge < -0.3 is 9.64 Å². The molecule has 1 aliphatic heterocycles. The van der Waals surface area contributed by atoms with Crippen LogP contribution in [0.5, 0.6) is 0 Å². The molecule has 0 aromatic carbocycles. The molecule has 1 saturated heterocycles. The van der Waals surface area contributed by atoms with Crippen molar-refractivity contribution < 1.29 is 14.3 Å². The van der Waals surface area contributed by atoms with E-state index in [1.165, 1.54) is 0 Å². The molecular formula is C18H27N3O3. The largest absolute Gasteiger partial charge is 0.444 e. The second kappa shape index (κ2) is 7.64. The molecule has 6 nitrogen and oxygen atoms in total. The summed E-state index contributed by atoms with van der Waals surface area (Å²) in [5.74, 6) is -0.0209. The number of amides is 2. The number of ether oxygens (including phenoxy) is 1. The van der Waals surface area contributed by atoms with Crippen LogP contribution in [0.3, 0.4) is 0 Å². The highest BCUT2D eigenvalue weighted by Gasteiger charge is 2.37. The molecule has 1 aromatic heterocycles. The Morgan fingerprint density at radius 3 is 2.62 bits per heavy atom. The van der Waals surface area contributed by atoms with Gasteiger partial charge in [0.1, 0.15) is 11.6 Å². The normalized spacial score (nSPS) is 17.7. The maximum Gasteiger partial charge on any atom is 0.410 e. The second-order valence-corrected chi connectivity index (χ2v) is 7.20. The van der Waals surface area contributed by atoms with Crippen LogP contribution in [0.2, 0.25) is 0 Å². The first-order valence-electron chi connectivity index (χ1n) is 8.41. The summed E-state index contributed by atoms with van der Waals surface area (Å²) in [5, 5.41) is 0. The molecule has 132 valence electrons. The Bertz CT molecular complexity index is 569. The number of likely N-dealkylation sites (tertiary alicyclic amines) is 1. The van der Waals surface area contributed by atoms with E-state index in [9.17, 15) is 9.59 Å². The van der Waals surface area contributed by atoms with E-state index in [-0.39, 0.29) is 5.91 Å². The summed E-state index contributed by atoms with van der Waals surface area (Å²) in [6.07, 6.45) is 5.38. The number of hydrogen-bond acceptors (Lipinski definition) is 4. The highest BCUT2D eigenvalue weighted by atomic mass is 16.6. The van der Waals surface area contributed by atoms with Crippen LogP contribution in [0.15, 0.2) is 24.5 Å². The lowest BCUT2D eigenvalue weighted by atomic mass is 10.1. The van der Waals surface area contributed by atoms with Crippen LogP contribution >= 0.6 is 0 Å². The van der Waals surface area contributed by atoms with Gasteiger partial charge in [-0.25, -0.2) is 4.79 Å². The van der Waals surface area contributed by atoms with E-state index in [0.29, 0.717) is 19.5 Å². The maximum atomic E-state index is 12.7. The number of hydrogen-bond donors (Lipinski definition) is 0. The second-order valence-electron chi connectivity index (χ2n) is 7.20. The van der Waals surface area contributed by atoms with Gasteiger partial charge in [0, 0.05) is 32.5 Å². The summed E-state index contributed by atoms with van der Waals surface area (Å²) in [6, 6.07) is 3.48. The van der Waals surface area contributed by atoms with Gasteiger partial charge in [0.15, 0.2) is 0 Å². The summed E-state index contributed by atoms with van der Waals surface area (Å²) in [7, 11) is 1.79. The lowest BCUT2D eigenvalue weighted by Crippen LogP contribution is -2.48. The van der Waals surface area contributed by atoms with E-state index in [1.54, 1.807) is 29.2 Å². The third-order valence-corrected chi connectivity index (χ3v) is 4.03. The number of likely N-dealkylation sites (N-methyl/N-ethyl adjacent to an activating group) is 1. The van der Waals surface area contributed by atoms with E-state index in [0.717, 1.165) is 18.4 Å². The fourth-order valence-electron chi connectivity index (χ4n) is 2.77. The Kier molecular flexibility index (Phi) is 5.80. The van der Waals surface area contributed by atoms with E-state index >= 15 is 0 Å². The Balaban J connectivity index is 1.93. The first kappa shape index (κ1) is 18.2. The minimum atomic E-state index is -0.555. The van der Waals surface area contributed by atoms with Gasteiger partial charge in [-0.2, -0.15) is 0 Å². The third kappa shape index (κ3) is 4.94. The number of aromatic nitrogens is 1. The summed E-state index contributed by atoms with van der Waals surface area (Å²) in [4.78, 5) is 32.3. The van der Waals surface area contributed by atoms with Gasteiger partial charge in [0.25, 0.3) is 0 Å². The lowest BCUT2D eigenvalue weighted by molar-refractivity contribution is -0.134. The van der Waals surface area contributed by atoms with Crippen LogP contribution in [0.1, 0.15) is 39.2 Å². The molecule has 1 fully saturated rings. The van der Waals surface area contributed by atoms with E-state index in [1.807, 2.05) is 32.9 Å². The molecule has 2 heterocycles. The Morgan fingerprint density at radius 2 is 2.00 bits per heavy atom. The van der Waals surface area contributed by atoms with Crippen molar-refractivity contribution in [3.05, 3.63) is 30.1 Å². The van der Waals surface area contributed by atoms with Gasteiger partial charge in [0.05, 0.1) is 0 Å². The minimum Gasteiger partial charge on any atom is -0.444 e. The highest BCUT2D eigenvalue weighted by molar-refractivity contribution is 5.86. The van der Waals surface area contributed by atoms with Crippen LogP contribution in [-0.2, 0) is 16.0 Å². The van der Waals surface area contributed by atoms with Crippen molar-refractivity contribution in [2.75, 3.05) is 20.1 Å². The smallest absolute Gasteiger partial charge is 0.410 e. The quantitative estimate of drug-likeness (QED) is 0.849. The van der Waals surface area contributed by atoms with Gasteiger partial charge in [-0.3, -0.25) is 14.7 Å². The number of rotatable bonds is 4. The third-order valence-electron chi connectivity index (χ3n) is 4.03. The van der Waals surface area contributed by atoms with Crippen molar-refractivity contribution in [2.24, 2.45) is 0 Å². The first-order chi connectivity index (χ1) is 11.3. The molecule has 6 heteroatoms. The standard InChI is InChI=1S/C18H27N3O3/c1-18(2,3)24-17(23)21-12-5-6-15(21)16(22)20(4)13-9-14-7-10-19-11-8-14/h7-8,10-11,15H,5-6,9,12-13H2,1-4H3. The Hall–Kier alpha value is -2.11. The molecule has 0 spiro atoms. The SMILES string of the molecule is CN(CCc1ccncc1)C(=O)C1CCCN1C(=O)OC(C)(C)C. The summed E-state index contributed by atoms with van der Waals surface area (Å²) >= 11 is 0. The van der Waals surface area contributed by atoms with Crippen molar-refractivity contribution in [3.63, 3.8) is 0 Å². The molecule has 1 unspecified atom stereocenters. The topological polar surface area (TPSA) is 62.7 Å². The molecule has 0 aliphatic carbocycles. The van der Waals surface area contributed by atoms with Crippen molar-refractivity contribution in [1.82, 2.24) is 14.8 Å². The lowest BCUT2D eigenvalue weighted by Gasteiger charge is -2.30. The zero-order chi connectivity index (χ0) is 17.7. The predicted molar refractivity (Wildman–Crippen MR) is 91.5 cm³/mol. The average molecular weight is 333 g/mol. The minimum absolute atomic E-state index is 0.0209. The van der Waals surface area contributed by atoms with Crippen molar-refractivity contribution >= 4 is 12.0 Å². The molecule has 0 radical (unpaired) electrons. The molecular weight excluding hydrogens is 306 g/mol. The summed E-state index contributed by atoms with van der Waals surface area (Å²) in [6.45, 7) is 6.68. The molecule has 1 aromatic rings. The Labute approximate surface area is 143 Å². The van der Waals surface area contributed by atoms with Crippen molar-refractivity contribution in [1.29, 1.82) is 0 Å². The molecule has 0 N–H and O–H groups in total. The molecule has 1 aliphatic rings. The number of pyridine rings is 1. The van der Waals surface area contributed by atoms with Gasteiger partial charge in [-0.15, -0.1) is 0 Å². The molecule has 24 heavy (non-hydrogen) atoms. The van der Waals surface area contributed by atoms with Gasteiger partial charge in [-0.1, -0.05) is 0 Å². The van der Waals surface area contributed by atoms with Crippen molar-refractivity contribution in [3.8, 4) is 0 Å². The molecule has 2 amide bonds. The molecule has 0 saturated carbocycles. The molecule has 1 atom stereocenters. The average Bonchev–Trinajstić information content (AvgIpc) is 3.01. The Morgan fingerprint density at radius 1 is 1.33 bits per heavy atom. The highest BCUT2D eigenvalue weighted by Crippen LogP contribution is 2.22. The molecule has 0 bridgehead atoms. The van der Waals surface area contributed by atoms with Crippen LogP contribution in [0, 0.1) is 0 Å². The summed E-state index contributed by atoms with van der Waals surface area (Å²) in [5.41, 5.74) is 0.584. The van der Waals surface area contributed by atoms with E-state index in [4.69, 9.17) is 4.74 Å². The predicted octanol–water partition coefficient (Wildman–Crippen LogP) is 2.48. The molecule has 2 rings (SSSR count). The van der Waals surface area contributed by atoms with E-state index in [2.05, 4.69) is 4.98 Å². The van der Waals surface area contributed by atoms with Crippen LogP contribution in [0.4, 0.5) is 4.79 Å². The number of nitrogens with zero attached hydrogens (tertiary/aromatic N) is 3. The zero-order valence-corrected chi connectivity index (χ0v) is 15.0. The van der Waals surface area contributed by atoms with Crippen LogP contribution in [-0.4, -0.2) is 58.6 Å². The van der Waals surface area contributed by atoms with Crippen LogP contribution in [0.25, 0.3) is 0 Å². The first-order valence-corrected chi connectivity index (χ1v) is 8.41. The van der Waals surface area contributed by atoms with E-state index < -0.39 is 17.7 Å². The monoisotopic (exact) mass is 333 g/mol. The van der Waals surface area contributed by atoms with Crippen molar-refractivity contribution in [2.45, 2.75) is 51.7 Å². The van der Waals surface area contributed by atoms with Gasteiger partial charge in [0.2, 0.25) is 5.91 Å². The number of carbonyl (C=O) groups excluding carboxylic acids is 2.